The molecule has 0 spiro atoms. The second kappa shape index (κ2) is 8.78. The number of rotatable bonds is 10. The number of nitrogens with one attached hydrogen (secondary N) is 1. The summed E-state index contributed by atoms with van der Waals surface area (Å²) in [5.74, 6) is 2.50. The van der Waals surface area contributed by atoms with Gasteiger partial charge in [-0.1, -0.05) is 39.0 Å². The number of ether oxygens (including phenoxy) is 3. The molecule has 21 heavy (non-hydrogen) atoms. The second-order valence-electron chi connectivity index (χ2n) is 5.46. The quantitative estimate of drug-likeness (QED) is 0.665. The minimum absolute atomic E-state index is 0.301. The van der Waals surface area contributed by atoms with Crippen LogP contribution in [-0.4, -0.2) is 20.4 Å². The Hall–Kier alpha value is -1.42. The molecule has 0 radical (unpaired) electrons. The molecule has 4 nitrogen and oxygen atoms in total. The molecule has 0 aromatic heterocycles. The molecule has 0 atom stereocenters. The topological polar surface area (TPSA) is 39.7 Å². The molecule has 0 unspecified atom stereocenters. The van der Waals surface area contributed by atoms with Crippen LogP contribution in [0.4, 0.5) is 0 Å². The highest BCUT2D eigenvalue weighted by atomic mass is 16.7. The molecule has 1 heterocycles. The van der Waals surface area contributed by atoms with E-state index in [2.05, 4.69) is 12.2 Å². The molecule has 4 heteroatoms. The molecular weight excluding hydrogens is 266 g/mol. The maximum absolute atomic E-state index is 5.95. The van der Waals surface area contributed by atoms with Crippen molar-refractivity contribution in [3.8, 4) is 17.2 Å². The molecule has 0 bridgehead atoms. The molecule has 1 aliphatic heterocycles. The Morgan fingerprint density at radius 1 is 1.05 bits per heavy atom. The first kappa shape index (κ1) is 16.0. The zero-order valence-corrected chi connectivity index (χ0v) is 13.2. The van der Waals surface area contributed by atoms with Crippen molar-refractivity contribution in [1.82, 2.24) is 5.32 Å². The fourth-order valence-electron chi connectivity index (χ4n) is 2.49. The third-order valence-electron chi connectivity index (χ3n) is 3.68. The molecular formula is C17H27NO3. The van der Waals surface area contributed by atoms with Crippen LogP contribution in [0, 0.1) is 0 Å². The average Bonchev–Trinajstić information content (AvgIpc) is 2.94. The molecule has 2 rings (SSSR count). The fraction of sp³-hybridized carbons (Fsp3) is 0.647. The van der Waals surface area contributed by atoms with Crippen molar-refractivity contribution < 1.29 is 14.2 Å². The minimum Gasteiger partial charge on any atom is -0.493 e. The molecule has 1 aromatic carbocycles. The smallest absolute Gasteiger partial charge is 0.231 e. The molecule has 1 aliphatic rings. The van der Waals surface area contributed by atoms with Crippen LogP contribution in [0.1, 0.15) is 51.0 Å². The van der Waals surface area contributed by atoms with Crippen LogP contribution in [0.5, 0.6) is 17.2 Å². The standard InChI is InChI=1S/C17H27NO3/c1-3-4-5-6-7-8-9-19-15-11-17-16(20-13-21-17)10-14(15)12-18-2/h10-11,18H,3-9,12-13H2,1-2H3. The molecule has 0 saturated carbocycles. The van der Waals surface area contributed by atoms with E-state index in [0.29, 0.717) is 6.79 Å². The third-order valence-corrected chi connectivity index (χ3v) is 3.68. The van der Waals surface area contributed by atoms with Crippen molar-refractivity contribution in [3.63, 3.8) is 0 Å². The van der Waals surface area contributed by atoms with E-state index in [1.165, 1.54) is 32.1 Å². The van der Waals surface area contributed by atoms with Crippen molar-refractivity contribution in [3.05, 3.63) is 17.7 Å². The summed E-state index contributed by atoms with van der Waals surface area (Å²) < 4.78 is 16.8. The van der Waals surface area contributed by atoms with E-state index < -0.39 is 0 Å². The molecule has 0 fully saturated rings. The molecule has 1 aromatic rings. The van der Waals surface area contributed by atoms with Gasteiger partial charge in [0.2, 0.25) is 6.79 Å². The zero-order valence-electron chi connectivity index (χ0n) is 13.2. The van der Waals surface area contributed by atoms with Gasteiger partial charge in [0, 0.05) is 18.2 Å². The lowest BCUT2D eigenvalue weighted by Crippen LogP contribution is -2.08. The van der Waals surface area contributed by atoms with Crippen molar-refractivity contribution in [2.75, 3.05) is 20.4 Å². The summed E-state index contributed by atoms with van der Waals surface area (Å²) in [5.41, 5.74) is 1.12. The van der Waals surface area contributed by atoms with Crippen molar-refractivity contribution in [2.24, 2.45) is 0 Å². The Morgan fingerprint density at radius 2 is 1.76 bits per heavy atom. The van der Waals surface area contributed by atoms with Gasteiger partial charge < -0.3 is 19.5 Å². The lowest BCUT2D eigenvalue weighted by atomic mass is 10.1. The van der Waals surface area contributed by atoms with Gasteiger partial charge in [0.1, 0.15) is 5.75 Å². The molecule has 118 valence electrons. The first-order valence-corrected chi connectivity index (χ1v) is 8.05. The van der Waals surface area contributed by atoms with E-state index in [9.17, 15) is 0 Å². The number of benzene rings is 1. The van der Waals surface area contributed by atoms with Gasteiger partial charge in [-0.2, -0.15) is 0 Å². The molecule has 0 aliphatic carbocycles. The second-order valence-corrected chi connectivity index (χ2v) is 5.46. The average molecular weight is 293 g/mol. The van der Waals surface area contributed by atoms with E-state index in [1.54, 1.807) is 0 Å². The lowest BCUT2D eigenvalue weighted by Gasteiger charge is -2.12. The Bertz CT molecular complexity index is 434. The highest BCUT2D eigenvalue weighted by molar-refractivity contribution is 5.51. The molecule has 0 amide bonds. The maximum atomic E-state index is 5.95. The normalized spacial score (nSPS) is 12.7. The van der Waals surface area contributed by atoms with Gasteiger partial charge in [0.15, 0.2) is 11.5 Å². The summed E-state index contributed by atoms with van der Waals surface area (Å²) in [6.45, 7) is 4.08. The van der Waals surface area contributed by atoms with E-state index in [1.807, 2.05) is 19.2 Å². The van der Waals surface area contributed by atoms with Crippen LogP contribution in [-0.2, 0) is 6.54 Å². The maximum Gasteiger partial charge on any atom is 0.231 e. The van der Waals surface area contributed by atoms with Gasteiger partial charge >= 0.3 is 0 Å². The Balaban J connectivity index is 1.81. The van der Waals surface area contributed by atoms with E-state index >= 15 is 0 Å². The van der Waals surface area contributed by atoms with Gasteiger partial charge in [0.25, 0.3) is 0 Å². The van der Waals surface area contributed by atoms with Crippen LogP contribution in [0.2, 0.25) is 0 Å². The predicted octanol–water partition coefficient (Wildman–Crippen LogP) is 3.87. The summed E-state index contributed by atoms with van der Waals surface area (Å²) in [6, 6.07) is 3.96. The van der Waals surface area contributed by atoms with E-state index in [-0.39, 0.29) is 0 Å². The number of fused-ring (bicyclic) bond motifs is 1. The van der Waals surface area contributed by atoms with Crippen LogP contribution in [0.3, 0.4) is 0 Å². The monoisotopic (exact) mass is 293 g/mol. The SMILES string of the molecule is CCCCCCCCOc1cc2c(cc1CNC)OCO2. The van der Waals surface area contributed by atoms with Crippen LogP contribution in [0.25, 0.3) is 0 Å². The van der Waals surface area contributed by atoms with Gasteiger partial charge in [-0.15, -0.1) is 0 Å². The van der Waals surface area contributed by atoms with Crippen LogP contribution < -0.4 is 19.5 Å². The number of hydrogen-bond acceptors (Lipinski definition) is 4. The lowest BCUT2D eigenvalue weighted by molar-refractivity contribution is 0.173. The van der Waals surface area contributed by atoms with Crippen molar-refractivity contribution in [1.29, 1.82) is 0 Å². The first-order valence-electron chi connectivity index (χ1n) is 8.05. The van der Waals surface area contributed by atoms with Gasteiger partial charge in [-0.25, -0.2) is 0 Å². The summed E-state index contributed by atoms with van der Waals surface area (Å²) in [6.07, 6.45) is 7.63. The third kappa shape index (κ3) is 4.81. The summed E-state index contributed by atoms with van der Waals surface area (Å²) in [5, 5.41) is 3.16. The zero-order chi connectivity index (χ0) is 14.9. The molecule has 0 saturated heterocycles. The molecule has 1 N–H and O–H groups in total. The minimum atomic E-state index is 0.301. The van der Waals surface area contributed by atoms with Gasteiger partial charge in [0.05, 0.1) is 6.61 Å². The largest absolute Gasteiger partial charge is 0.493 e. The fourth-order valence-corrected chi connectivity index (χ4v) is 2.49. The number of unbranched alkanes of at least 4 members (excludes halogenated alkanes) is 5. The summed E-state index contributed by atoms with van der Waals surface area (Å²) in [7, 11) is 1.93. The Kier molecular flexibility index (Phi) is 6.67. The highest BCUT2D eigenvalue weighted by Gasteiger charge is 2.17. The van der Waals surface area contributed by atoms with E-state index in [4.69, 9.17) is 14.2 Å². The van der Waals surface area contributed by atoms with Gasteiger partial charge in [-0.05, 0) is 19.5 Å². The van der Waals surface area contributed by atoms with Gasteiger partial charge in [-0.3, -0.25) is 0 Å². The Morgan fingerprint density at radius 3 is 2.52 bits per heavy atom. The van der Waals surface area contributed by atoms with Crippen molar-refractivity contribution in [2.45, 2.75) is 52.0 Å². The number of hydrogen-bond donors (Lipinski definition) is 1. The predicted molar refractivity (Wildman–Crippen MR) is 84.2 cm³/mol. The van der Waals surface area contributed by atoms with Crippen LogP contribution >= 0.6 is 0 Å². The highest BCUT2D eigenvalue weighted by Crippen LogP contribution is 2.38. The summed E-state index contributed by atoms with van der Waals surface area (Å²) in [4.78, 5) is 0. The van der Waals surface area contributed by atoms with E-state index in [0.717, 1.165) is 42.4 Å². The first-order chi connectivity index (χ1) is 10.3. The summed E-state index contributed by atoms with van der Waals surface area (Å²) >= 11 is 0. The Labute approximate surface area is 127 Å². The van der Waals surface area contributed by atoms with Crippen molar-refractivity contribution >= 4 is 0 Å². The van der Waals surface area contributed by atoms with Crippen LogP contribution in [0.15, 0.2) is 12.1 Å².